The summed E-state index contributed by atoms with van der Waals surface area (Å²) in [6, 6.07) is 3.68. The first-order valence-electron chi connectivity index (χ1n) is 5.14. The van der Waals surface area contributed by atoms with Crippen molar-refractivity contribution in [2.75, 3.05) is 11.9 Å². The van der Waals surface area contributed by atoms with Gasteiger partial charge in [-0.15, -0.1) is 0 Å². The lowest BCUT2D eigenvalue weighted by Gasteiger charge is -2.17. The minimum atomic E-state index is 0.112. The van der Waals surface area contributed by atoms with Crippen LogP contribution < -0.4 is 5.32 Å². The molecule has 0 aliphatic heterocycles. The average molecular weight is 240 g/mol. The summed E-state index contributed by atoms with van der Waals surface area (Å²) in [5, 5.41) is 21.1. The lowest BCUT2D eigenvalue weighted by atomic mass is 10.1. The van der Waals surface area contributed by atoms with Crippen LogP contribution in [0.5, 0.6) is 0 Å². The van der Waals surface area contributed by atoms with E-state index in [1.54, 1.807) is 12.3 Å². The molecule has 1 unspecified atom stereocenters. The number of nitriles is 1. The molecule has 0 aromatic carbocycles. The smallest absolute Gasteiger partial charge is 0.146 e. The number of hydrogen-bond donors (Lipinski definition) is 2. The van der Waals surface area contributed by atoms with Gasteiger partial charge in [0.1, 0.15) is 16.9 Å². The molecule has 0 fully saturated rings. The quantitative estimate of drug-likeness (QED) is 0.826. The molecule has 1 rings (SSSR count). The van der Waals surface area contributed by atoms with Gasteiger partial charge in [0.15, 0.2) is 0 Å². The first-order valence-corrected chi connectivity index (χ1v) is 5.52. The van der Waals surface area contributed by atoms with Gasteiger partial charge in [-0.1, -0.05) is 18.5 Å². The van der Waals surface area contributed by atoms with Crippen molar-refractivity contribution in [2.24, 2.45) is 0 Å². The highest BCUT2D eigenvalue weighted by molar-refractivity contribution is 6.34. The van der Waals surface area contributed by atoms with Crippen LogP contribution in [0, 0.1) is 11.3 Å². The summed E-state index contributed by atoms with van der Waals surface area (Å²) >= 11 is 6.00. The third-order valence-electron chi connectivity index (χ3n) is 2.32. The van der Waals surface area contributed by atoms with Crippen LogP contribution in [0.25, 0.3) is 0 Å². The van der Waals surface area contributed by atoms with Gasteiger partial charge in [-0.2, -0.15) is 5.26 Å². The molecule has 0 amide bonds. The highest BCUT2D eigenvalue weighted by Crippen LogP contribution is 2.24. The lowest BCUT2D eigenvalue weighted by molar-refractivity contribution is 0.278. The van der Waals surface area contributed by atoms with Gasteiger partial charge < -0.3 is 10.4 Å². The van der Waals surface area contributed by atoms with Gasteiger partial charge in [-0.05, 0) is 18.9 Å². The van der Waals surface area contributed by atoms with Crippen LogP contribution in [-0.4, -0.2) is 22.7 Å². The zero-order valence-electron chi connectivity index (χ0n) is 9.07. The molecule has 0 saturated heterocycles. The van der Waals surface area contributed by atoms with Crippen molar-refractivity contribution in [2.45, 2.75) is 25.8 Å². The van der Waals surface area contributed by atoms with E-state index < -0.39 is 0 Å². The average Bonchev–Trinajstić information content (AvgIpc) is 2.31. The minimum Gasteiger partial charge on any atom is -0.396 e. The van der Waals surface area contributed by atoms with Crippen LogP contribution in [0.2, 0.25) is 5.02 Å². The molecule has 0 spiro atoms. The number of rotatable bonds is 5. The summed E-state index contributed by atoms with van der Waals surface area (Å²) in [7, 11) is 0. The third kappa shape index (κ3) is 3.09. The number of aliphatic hydroxyl groups is 1. The predicted molar refractivity (Wildman–Crippen MR) is 63.4 cm³/mol. The zero-order chi connectivity index (χ0) is 12.0. The third-order valence-corrected chi connectivity index (χ3v) is 2.70. The Morgan fingerprint density at radius 1 is 1.69 bits per heavy atom. The molecule has 86 valence electrons. The van der Waals surface area contributed by atoms with E-state index in [4.69, 9.17) is 22.0 Å². The molecule has 0 bridgehead atoms. The second-order valence-corrected chi connectivity index (χ2v) is 3.77. The summed E-state index contributed by atoms with van der Waals surface area (Å²) in [6.45, 7) is 2.12. The molecule has 0 aliphatic carbocycles. The minimum absolute atomic E-state index is 0.112. The maximum absolute atomic E-state index is 8.87. The van der Waals surface area contributed by atoms with E-state index in [1.807, 2.05) is 13.0 Å². The van der Waals surface area contributed by atoms with E-state index in [1.165, 1.54) is 0 Å². The highest BCUT2D eigenvalue weighted by atomic mass is 35.5. The monoisotopic (exact) mass is 239 g/mol. The molecule has 5 heteroatoms. The highest BCUT2D eigenvalue weighted by Gasteiger charge is 2.11. The van der Waals surface area contributed by atoms with Gasteiger partial charge in [0.2, 0.25) is 0 Å². The topological polar surface area (TPSA) is 68.9 Å². The Morgan fingerprint density at radius 2 is 2.44 bits per heavy atom. The number of hydrogen-bond acceptors (Lipinski definition) is 4. The van der Waals surface area contributed by atoms with Gasteiger partial charge in [-0.3, -0.25) is 0 Å². The van der Waals surface area contributed by atoms with Crippen molar-refractivity contribution >= 4 is 17.4 Å². The van der Waals surface area contributed by atoms with Crippen LogP contribution in [0.1, 0.15) is 25.3 Å². The molecule has 0 radical (unpaired) electrons. The number of anilines is 1. The zero-order valence-corrected chi connectivity index (χ0v) is 9.83. The van der Waals surface area contributed by atoms with Gasteiger partial charge in [0.25, 0.3) is 0 Å². The second kappa shape index (κ2) is 6.31. The first kappa shape index (κ1) is 12.8. The van der Waals surface area contributed by atoms with Gasteiger partial charge >= 0.3 is 0 Å². The molecule has 2 N–H and O–H groups in total. The second-order valence-electron chi connectivity index (χ2n) is 3.39. The van der Waals surface area contributed by atoms with Crippen LogP contribution in [0.15, 0.2) is 12.3 Å². The van der Waals surface area contributed by atoms with Gasteiger partial charge in [0.05, 0.1) is 5.56 Å². The summed E-state index contributed by atoms with van der Waals surface area (Å²) < 4.78 is 0. The number of aromatic nitrogens is 1. The number of aliphatic hydroxyl groups excluding tert-OH is 1. The van der Waals surface area contributed by atoms with E-state index in [0.717, 1.165) is 6.42 Å². The van der Waals surface area contributed by atoms with E-state index in [9.17, 15) is 0 Å². The van der Waals surface area contributed by atoms with Crippen LogP contribution in [0.4, 0.5) is 5.82 Å². The summed E-state index contributed by atoms with van der Waals surface area (Å²) in [4.78, 5) is 4.08. The van der Waals surface area contributed by atoms with Crippen molar-refractivity contribution in [3.8, 4) is 6.07 Å². The van der Waals surface area contributed by atoms with Crippen molar-refractivity contribution in [1.29, 1.82) is 5.26 Å². The van der Waals surface area contributed by atoms with Gasteiger partial charge in [-0.25, -0.2) is 4.98 Å². The summed E-state index contributed by atoms with van der Waals surface area (Å²) in [5.41, 5.74) is 0.401. The Kier molecular flexibility index (Phi) is 5.03. The van der Waals surface area contributed by atoms with Gasteiger partial charge in [0, 0.05) is 18.8 Å². The van der Waals surface area contributed by atoms with E-state index in [2.05, 4.69) is 10.3 Å². The Balaban J connectivity index is 2.84. The Hall–Kier alpha value is -1.31. The number of nitrogens with zero attached hydrogens (tertiary/aromatic N) is 2. The first-order chi connectivity index (χ1) is 7.72. The fourth-order valence-corrected chi connectivity index (χ4v) is 1.57. The van der Waals surface area contributed by atoms with Crippen molar-refractivity contribution < 1.29 is 5.11 Å². The number of nitrogens with one attached hydrogen (secondary N) is 1. The normalized spacial score (nSPS) is 11.9. The molecular weight excluding hydrogens is 226 g/mol. The Bertz CT molecular complexity index is 389. The van der Waals surface area contributed by atoms with Crippen LogP contribution in [0.3, 0.4) is 0 Å². The summed E-state index contributed by atoms with van der Waals surface area (Å²) in [5.74, 6) is 0.501. The molecule has 0 aliphatic rings. The predicted octanol–water partition coefficient (Wildman–Crippen LogP) is 2.18. The lowest BCUT2D eigenvalue weighted by Crippen LogP contribution is -2.20. The van der Waals surface area contributed by atoms with E-state index in [-0.39, 0.29) is 12.6 Å². The molecule has 1 atom stereocenters. The van der Waals surface area contributed by atoms with Crippen molar-refractivity contribution in [3.05, 3.63) is 22.8 Å². The fraction of sp³-hybridized carbons (Fsp3) is 0.455. The number of halogens is 1. The summed E-state index contributed by atoms with van der Waals surface area (Å²) in [6.07, 6.45) is 3.03. The number of pyridine rings is 1. The van der Waals surface area contributed by atoms with Crippen LogP contribution >= 0.6 is 11.6 Å². The largest absolute Gasteiger partial charge is 0.396 e. The molecular formula is C11H14ClN3O. The molecule has 16 heavy (non-hydrogen) atoms. The maximum Gasteiger partial charge on any atom is 0.146 e. The maximum atomic E-state index is 8.87. The molecule has 0 saturated carbocycles. The standard InChI is InChI=1S/C11H14ClN3O/c1-2-9(4-6-16)15-11-10(12)8(7-13)3-5-14-11/h3,5,9,16H,2,4,6H2,1H3,(H,14,15). The Labute approximate surface area is 99.9 Å². The Morgan fingerprint density at radius 3 is 3.00 bits per heavy atom. The van der Waals surface area contributed by atoms with Crippen molar-refractivity contribution in [1.82, 2.24) is 4.98 Å². The molecule has 4 nitrogen and oxygen atoms in total. The molecule has 1 aromatic rings. The molecule has 1 aromatic heterocycles. The van der Waals surface area contributed by atoms with E-state index >= 15 is 0 Å². The molecule has 1 heterocycles. The van der Waals surface area contributed by atoms with Crippen molar-refractivity contribution in [3.63, 3.8) is 0 Å². The van der Waals surface area contributed by atoms with Crippen LogP contribution in [-0.2, 0) is 0 Å². The van der Waals surface area contributed by atoms with E-state index in [0.29, 0.717) is 22.8 Å². The fourth-order valence-electron chi connectivity index (χ4n) is 1.36. The SMILES string of the molecule is CCC(CCO)Nc1nccc(C#N)c1Cl.